The summed E-state index contributed by atoms with van der Waals surface area (Å²) in [7, 11) is -1.59. The van der Waals surface area contributed by atoms with Crippen molar-refractivity contribution >= 4 is 27.3 Å². The van der Waals surface area contributed by atoms with Crippen LogP contribution in [0.5, 0.6) is 0 Å². The number of hydrogen-bond acceptors (Lipinski definition) is 4. The number of likely N-dealkylation sites (N-methyl/N-ethyl adjacent to an activating group) is 1. The Morgan fingerprint density at radius 1 is 1.16 bits per heavy atom. The number of carbonyl (C=O) groups is 1. The van der Waals surface area contributed by atoms with Gasteiger partial charge in [0.05, 0.1) is 12.3 Å². The van der Waals surface area contributed by atoms with Gasteiger partial charge in [0.1, 0.15) is 0 Å². The van der Waals surface area contributed by atoms with E-state index in [4.69, 9.17) is 0 Å². The number of carbonyl (C=O) groups excluding carboxylic acids is 1. The Morgan fingerprint density at radius 2 is 1.74 bits per heavy atom. The van der Waals surface area contributed by atoms with Gasteiger partial charge in [-0.2, -0.15) is 0 Å². The van der Waals surface area contributed by atoms with Crippen LogP contribution in [0.15, 0.2) is 24.3 Å². The van der Waals surface area contributed by atoms with Gasteiger partial charge in [-0.05, 0) is 37.7 Å². The molecule has 7 heteroatoms. The van der Waals surface area contributed by atoms with Crippen LogP contribution >= 0.6 is 0 Å². The second-order valence-corrected chi connectivity index (χ2v) is 5.92. The van der Waals surface area contributed by atoms with E-state index in [1.54, 1.807) is 38.2 Å². The topological polar surface area (TPSA) is 87.3 Å². The standard InChI is InChI=1S/C12H19N3O3S/c1-3-8-19(17,18)15-11-6-4-10(5-7-11)14-12(16)9-13-2/h4-7,13,15H,3,8-9H2,1-2H3,(H,14,16). The van der Waals surface area contributed by atoms with Gasteiger partial charge < -0.3 is 10.6 Å². The lowest BCUT2D eigenvalue weighted by atomic mass is 10.3. The molecular formula is C12H19N3O3S. The Kier molecular flexibility index (Phi) is 5.78. The van der Waals surface area contributed by atoms with Crippen molar-refractivity contribution in [3.8, 4) is 0 Å². The summed E-state index contributed by atoms with van der Waals surface area (Å²) in [4.78, 5) is 11.3. The summed E-state index contributed by atoms with van der Waals surface area (Å²) < 4.78 is 25.6. The molecule has 3 N–H and O–H groups in total. The number of anilines is 2. The summed E-state index contributed by atoms with van der Waals surface area (Å²) in [5.41, 5.74) is 1.11. The zero-order chi connectivity index (χ0) is 14.3. The fraction of sp³-hybridized carbons (Fsp3) is 0.417. The van der Waals surface area contributed by atoms with E-state index in [0.29, 0.717) is 17.8 Å². The molecule has 0 heterocycles. The summed E-state index contributed by atoms with van der Waals surface area (Å²) in [6.07, 6.45) is 0.563. The number of amides is 1. The Morgan fingerprint density at radius 3 is 2.26 bits per heavy atom. The largest absolute Gasteiger partial charge is 0.325 e. The molecule has 6 nitrogen and oxygen atoms in total. The van der Waals surface area contributed by atoms with Gasteiger partial charge in [-0.25, -0.2) is 8.42 Å². The van der Waals surface area contributed by atoms with Crippen LogP contribution in [0.2, 0.25) is 0 Å². The van der Waals surface area contributed by atoms with Gasteiger partial charge in [0.25, 0.3) is 0 Å². The third-order valence-corrected chi connectivity index (χ3v) is 3.74. The van der Waals surface area contributed by atoms with Crippen molar-refractivity contribution in [2.45, 2.75) is 13.3 Å². The first-order chi connectivity index (χ1) is 8.96. The monoisotopic (exact) mass is 285 g/mol. The van der Waals surface area contributed by atoms with Crippen LogP contribution in [0.1, 0.15) is 13.3 Å². The number of benzene rings is 1. The molecule has 1 rings (SSSR count). The molecule has 106 valence electrons. The highest BCUT2D eigenvalue weighted by Crippen LogP contribution is 2.15. The second-order valence-electron chi connectivity index (χ2n) is 4.08. The molecule has 0 aromatic heterocycles. The van der Waals surface area contributed by atoms with Crippen LogP contribution in [0.25, 0.3) is 0 Å². The van der Waals surface area contributed by atoms with Crippen molar-refractivity contribution in [3.63, 3.8) is 0 Å². The van der Waals surface area contributed by atoms with E-state index >= 15 is 0 Å². The second kappa shape index (κ2) is 7.10. The highest BCUT2D eigenvalue weighted by atomic mass is 32.2. The maximum Gasteiger partial charge on any atom is 0.238 e. The highest BCUT2D eigenvalue weighted by Gasteiger charge is 2.08. The van der Waals surface area contributed by atoms with Gasteiger partial charge in [0, 0.05) is 11.4 Å². The first-order valence-corrected chi connectivity index (χ1v) is 7.67. The average Bonchev–Trinajstić information content (AvgIpc) is 2.31. The third-order valence-electron chi connectivity index (χ3n) is 2.25. The van der Waals surface area contributed by atoms with Crippen molar-refractivity contribution in [3.05, 3.63) is 24.3 Å². The van der Waals surface area contributed by atoms with E-state index < -0.39 is 10.0 Å². The van der Waals surface area contributed by atoms with Crippen molar-refractivity contribution in [1.29, 1.82) is 0 Å². The van der Waals surface area contributed by atoms with Gasteiger partial charge in [-0.3, -0.25) is 9.52 Å². The summed E-state index contributed by atoms with van der Waals surface area (Å²) >= 11 is 0. The van der Waals surface area contributed by atoms with Gasteiger partial charge in [-0.1, -0.05) is 6.92 Å². The molecule has 0 bridgehead atoms. The molecular weight excluding hydrogens is 266 g/mol. The number of rotatable bonds is 7. The Bertz CT molecular complexity index is 512. The van der Waals surface area contributed by atoms with Crippen LogP contribution in [-0.4, -0.2) is 33.7 Å². The lowest BCUT2D eigenvalue weighted by Crippen LogP contribution is -2.25. The zero-order valence-electron chi connectivity index (χ0n) is 11.1. The van der Waals surface area contributed by atoms with E-state index in [1.807, 2.05) is 0 Å². The average molecular weight is 285 g/mol. The SMILES string of the molecule is CCCS(=O)(=O)Nc1ccc(NC(=O)CNC)cc1. The summed E-state index contributed by atoms with van der Waals surface area (Å²) in [5, 5.41) is 5.42. The molecule has 1 aromatic carbocycles. The van der Waals surface area contributed by atoms with Crippen LogP contribution in [0.4, 0.5) is 11.4 Å². The van der Waals surface area contributed by atoms with Gasteiger partial charge >= 0.3 is 0 Å². The first-order valence-electron chi connectivity index (χ1n) is 6.02. The molecule has 0 aliphatic rings. The lowest BCUT2D eigenvalue weighted by molar-refractivity contribution is -0.115. The van der Waals surface area contributed by atoms with E-state index in [1.165, 1.54) is 0 Å². The van der Waals surface area contributed by atoms with Crippen LogP contribution in [-0.2, 0) is 14.8 Å². The predicted molar refractivity (Wildman–Crippen MR) is 76.7 cm³/mol. The molecule has 0 saturated heterocycles. The number of hydrogen-bond donors (Lipinski definition) is 3. The van der Waals surface area contributed by atoms with Crippen LogP contribution in [0.3, 0.4) is 0 Å². The van der Waals surface area contributed by atoms with Gasteiger partial charge in [0.2, 0.25) is 15.9 Å². The van der Waals surface area contributed by atoms with E-state index in [-0.39, 0.29) is 18.2 Å². The van der Waals surface area contributed by atoms with E-state index in [2.05, 4.69) is 15.4 Å². The Labute approximate surface area is 113 Å². The summed E-state index contributed by atoms with van der Waals surface area (Å²) in [6, 6.07) is 6.53. The minimum absolute atomic E-state index is 0.0909. The molecule has 0 spiro atoms. The van der Waals surface area contributed by atoms with E-state index in [0.717, 1.165) is 0 Å². The molecule has 0 aliphatic carbocycles. The highest BCUT2D eigenvalue weighted by molar-refractivity contribution is 7.92. The molecule has 1 aromatic rings. The molecule has 0 fully saturated rings. The van der Waals surface area contributed by atoms with Crippen LogP contribution in [0, 0.1) is 0 Å². The van der Waals surface area contributed by atoms with E-state index in [9.17, 15) is 13.2 Å². The van der Waals surface area contributed by atoms with Gasteiger partial charge in [0.15, 0.2) is 0 Å². The maximum absolute atomic E-state index is 11.6. The van der Waals surface area contributed by atoms with Crippen molar-refractivity contribution in [2.75, 3.05) is 29.4 Å². The molecule has 0 atom stereocenters. The molecule has 0 saturated carbocycles. The van der Waals surface area contributed by atoms with Crippen molar-refractivity contribution in [1.82, 2.24) is 5.32 Å². The number of sulfonamides is 1. The van der Waals surface area contributed by atoms with Crippen molar-refractivity contribution in [2.24, 2.45) is 0 Å². The summed E-state index contributed by atoms with van der Waals surface area (Å²) in [6.45, 7) is 2.03. The minimum atomic E-state index is -3.28. The maximum atomic E-state index is 11.6. The fourth-order valence-corrected chi connectivity index (χ4v) is 2.62. The molecule has 19 heavy (non-hydrogen) atoms. The molecule has 1 amide bonds. The van der Waals surface area contributed by atoms with Crippen molar-refractivity contribution < 1.29 is 13.2 Å². The predicted octanol–water partition coefficient (Wildman–Crippen LogP) is 0.996. The lowest BCUT2D eigenvalue weighted by Gasteiger charge is -2.08. The zero-order valence-corrected chi connectivity index (χ0v) is 11.9. The first kappa shape index (κ1) is 15.5. The third kappa shape index (κ3) is 5.71. The fourth-order valence-electron chi connectivity index (χ4n) is 1.49. The molecule has 0 unspecified atom stereocenters. The smallest absolute Gasteiger partial charge is 0.238 e. The molecule has 0 aliphatic heterocycles. The number of nitrogens with one attached hydrogen (secondary N) is 3. The molecule has 0 radical (unpaired) electrons. The van der Waals surface area contributed by atoms with Crippen LogP contribution < -0.4 is 15.4 Å². The summed E-state index contributed by atoms with van der Waals surface area (Å²) in [5.74, 6) is -0.0602. The normalized spacial score (nSPS) is 11.1. The Balaban J connectivity index is 2.64. The minimum Gasteiger partial charge on any atom is -0.325 e. The quantitative estimate of drug-likeness (QED) is 0.697. The van der Waals surface area contributed by atoms with Gasteiger partial charge in [-0.15, -0.1) is 0 Å². The Hall–Kier alpha value is -1.60.